The maximum absolute atomic E-state index is 13.6. The Morgan fingerprint density at radius 1 is 1.24 bits per heavy atom. The standard InChI is InChI=1S/C26H40BrNO6P2S/c1-14-8-7-9-20(29)19(27)11-21(15(2)10-18-13-37-17(4)28-18)32-23(30)12-22(33-35)26(5,6)25(31)16(3)24(14)34-36/h10,13-14,16,19,21-22,24H,7-9,11-12,35-36H2,1-6H3/b15-10+. The molecule has 37 heavy (non-hydrogen) atoms. The Morgan fingerprint density at radius 3 is 2.49 bits per heavy atom. The van der Waals surface area contributed by atoms with Gasteiger partial charge in [0.2, 0.25) is 0 Å². The van der Waals surface area contributed by atoms with Crippen LogP contribution in [-0.4, -0.2) is 45.7 Å². The van der Waals surface area contributed by atoms with E-state index in [2.05, 4.69) is 39.8 Å². The fourth-order valence-corrected chi connectivity index (χ4v) is 6.89. The summed E-state index contributed by atoms with van der Waals surface area (Å²) in [6.45, 7) is 11.3. The van der Waals surface area contributed by atoms with Crippen LogP contribution in [0.4, 0.5) is 0 Å². The zero-order valence-electron chi connectivity index (χ0n) is 22.5. The topological polar surface area (TPSA) is 91.8 Å². The average molecular weight is 637 g/mol. The first-order chi connectivity index (χ1) is 17.3. The van der Waals surface area contributed by atoms with Gasteiger partial charge in [-0.3, -0.25) is 14.4 Å². The van der Waals surface area contributed by atoms with Gasteiger partial charge in [-0.2, -0.15) is 0 Å². The molecule has 0 bridgehead atoms. The minimum absolute atomic E-state index is 0.0532. The number of thiazole rings is 1. The van der Waals surface area contributed by atoms with E-state index in [9.17, 15) is 14.4 Å². The summed E-state index contributed by atoms with van der Waals surface area (Å²) in [7, 11) is 4.46. The van der Waals surface area contributed by atoms with Crippen LogP contribution in [0.25, 0.3) is 6.08 Å². The second-order valence-electron chi connectivity index (χ2n) is 10.5. The van der Waals surface area contributed by atoms with Crippen molar-refractivity contribution < 1.29 is 28.2 Å². The molecule has 0 N–H and O–H groups in total. The van der Waals surface area contributed by atoms with E-state index < -0.39 is 34.3 Å². The lowest BCUT2D eigenvalue weighted by molar-refractivity contribution is -0.153. The third-order valence-electron chi connectivity index (χ3n) is 7.23. The number of hydrogen-bond acceptors (Lipinski definition) is 8. The van der Waals surface area contributed by atoms with Crippen LogP contribution in [0.3, 0.4) is 0 Å². The number of cyclic esters (lactones) is 1. The maximum atomic E-state index is 13.6. The minimum Gasteiger partial charge on any atom is -0.458 e. The molecule has 1 aliphatic heterocycles. The largest absolute Gasteiger partial charge is 0.458 e. The summed E-state index contributed by atoms with van der Waals surface area (Å²) < 4.78 is 17.2. The molecule has 1 aromatic rings. The number of nitrogens with zero attached hydrogens (tertiary/aromatic N) is 1. The molecule has 0 spiro atoms. The van der Waals surface area contributed by atoms with Crippen LogP contribution in [0, 0.1) is 24.2 Å². The number of esters is 1. The zero-order chi connectivity index (χ0) is 27.9. The summed E-state index contributed by atoms with van der Waals surface area (Å²) in [6.07, 6.45) is 2.17. The molecule has 0 amide bonds. The van der Waals surface area contributed by atoms with Gasteiger partial charge in [-0.1, -0.05) is 43.6 Å². The number of carbonyl (C=O) groups is 3. The van der Waals surface area contributed by atoms with Crippen molar-refractivity contribution in [2.75, 3.05) is 0 Å². The number of rotatable bonds is 4. The van der Waals surface area contributed by atoms with Crippen LogP contribution in [0.5, 0.6) is 0 Å². The molecular formula is C26H40BrNO6P2S. The summed E-state index contributed by atoms with van der Waals surface area (Å²) in [5.74, 6) is -0.880. The van der Waals surface area contributed by atoms with Crippen molar-refractivity contribution in [1.82, 2.24) is 4.98 Å². The predicted molar refractivity (Wildman–Crippen MR) is 157 cm³/mol. The van der Waals surface area contributed by atoms with Crippen LogP contribution in [-0.2, 0) is 28.2 Å². The highest BCUT2D eigenvalue weighted by atomic mass is 79.9. The van der Waals surface area contributed by atoms with E-state index in [-0.39, 0.29) is 30.0 Å². The molecule has 1 fully saturated rings. The summed E-state index contributed by atoms with van der Waals surface area (Å²) in [4.78, 5) is 43.7. The lowest BCUT2D eigenvalue weighted by atomic mass is 9.73. The lowest BCUT2D eigenvalue weighted by Crippen LogP contribution is -2.46. The quantitative estimate of drug-likeness (QED) is 0.218. The molecule has 208 valence electrons. The van der Waals surface area contributed by atoms with Crippen molar-refractivity contribution in [3.8, 4) is 0 Å². The highest BCUT2D eigenvalue weighted by molar-refractivity contribution is 9.10. The van der Waals surface area contributed by atoms with Crippen molar-refractivity contribution in [3.05, 3.63) is 21.7 Å². The Bertz CT molecular complexity index is 984. The number of alkyl halides is 1. The van der Waals surface area contributed by atoms with Gasteiger partial charge in [0, 0.05) is 43.1 Å². The number of ether oxygens (including phenoxy) is 1. The van der Waals surface area contributed by atoms with Crippen LogP contribution < -0.4 is 0 Å². The van der Waals surface area contributed by atoms with Crippen molar-refractivity contribution in [1.29, 1.82) is 0 Å². The minimum atomic E-state index is -0.967. The van der Waals surface area contributed by atoms with Crippen LogP contribution >= 0.6 is 46.2 Å². The molecule has 2 rings (SSSR count). The van der Waals surface area contributed by atoms with Gasteiger partial charge in [-0.05, 0) is 44.3 Å². The van der Waals surface area contributed by atoms with E-state index in [0.717, 1.165) is 22.7 Å². The number of hydrogen-bond donors (Lipinski definition) is 0. The molecule has 11 heteroatoms. The van der Waals surface area contributed by atoms with E-state index in [0.29, 0.717) is 19.3 Å². The van der Waals surface area contributed by atoms with Crippen LogP contribution in [0.15, 0.2) is 11.0 Å². The third kappa shape index (κ3) is 8.98. The summed E-state index contributed by atoms with van der Waals surface area (Å²) in [6, 6.07) is 0. The molecule has 7 nitrogen and oxygen atoms in total. The third-order valence-corrected chi connectivity index (χ3v) is 9.55. The summed E-state index contributed by atoms with van der Waals surface area (Å²) in [5.41, 5.74) is 0.607. The van der Waals surface area contributed by atoms with Gasteiger partial charge in [0.15, 0.2) is 0 Å². The fraction of sp³-hybridized carbons (Fsp3) is 0.692. The van der Waals surface area contributed by atoms with Gasteiger partial charge < -0.3 is 13.8 Å². The van der Waals surface area contributed by atoms with Crippen molar-refractivity contribution in [2.24, 2.45) is 17.3 Å². The highest BCUT2D eigenvalue weighted by Gasteiger charge is 2.44. The molecule has 2 heterocycles. The molecule has 1 saturated heterocycles. The fourth-order valence-electron chi connectivity index (χ4n) is 4.81. The van der Waals surface area contributed by atoms with Crippen LogP contribution in [0.2, 0.25) is 0 Å². The predicted octanol–water partition coefficient (Wildman–Crippen LogP) is 6.28. The first-order valence-electron chi connectivity index (χ1n) is 12.5. The molecular weight excluding hydrogens is 596 g/mol. The molecule has 0 aliphatic carbocycles. The molecule has 0 aromatic carbocycles. The average Bonchev–Trinajstić information content (AvgIpc) is 3.25. The number of aryl methyl sites for hydroxylation is 1. The van der Waals surface area contributed by atoms with Gasteiger partial charge in [0.05, 0.1) is 39.6 Å². The second kappa shape index (κ2) is 14.7. The SMILES string of the molecule is C/C(=C\c1csc(C)n1)C1CC(Br)C(=O)CCCC(C)C(OP)C(C)C(=O)C(C)(C)C(OP)CC(=O)O1. The molecule has 1 aromatic heterocycles. The summed E-state index contributed by atoms with van der Waals surface area (Å²) >= 11 is 5.08. The lowest BCUT2D eigenvalue weighted by Gasteiger charge is -2.37. The van der Waals surface area contributed by atoms with Crippen molar-refractivity contribution in [3.63, 3.8) is 0 Å². The maximum Gasteiger partial charge on any atom is 0.309 e. The smallest absolute Gasteiger partial charge is 0.309 e. The van der Waals surface area contributed by atoms with Crippen molar-refractivity contribution in [2.45, 2.75) is 96.8 Å². The van der Waals surface area contributed by atoms with E-state index in [1.807, 2.05) is 39.2 Å². The molecule has 0 saturated carbocycles. The Kier molecular flexibility index (Phi) is 13.0. The number of halogens is 1. The second-order valence-corrected chi connectivity index (χ2v) is 13.2. The van der Waals surface area contributed by atoms with Gasteiger partial charge in [0.1, 0.15) is 17.7 Å². The highest BCUT2D eigenvalue weighted by Crippen LogP contribution is 2.36. The van der Waals surface area contributed by atoms with E-state index in [1.165, 1.54) is 11.3 Å². The van der Waals surface area contributed by atoms with Crippen molar-refractivity contribution >= 4 is 69.8 Å². The van der Waals surface area contributed by atoms with E-state index in [4.69, 9.17) is 13.8 Å². The zero-order valence-corrected chi connectivity index (χ0v) is 27.2. The molecule has 0 radical (unpaired) electrons. The number of carbonyl (C=O) groups excluding carboxylic acids is 3. The Morgan fingerprint density at radius 2 is 1.92 bits per heavy atom. The molecule has 1 aliphatic rings. The molecule has 8 atom stereocenters. The van der Waals surface area contributed by atoms with E-state index in [1.54, 1.807) is 13.8 Å². The first kappa shape index (κ1) is 32.7. The van der Waals surface area contributed by atoms with E-state index >= 15 is 0 Å². The number of Topliss-reactive ketones (excluding diaryl/α,β-unsaturated/α-hetero) is 2. The number of aromatic nitrogens is 1. The van der Waals surface area contributed by atoms with Gasteiger partial charge >= 0.3 is 5.97 Å². The van der Waals surface area contributed by atoms with Gasteiger partial charge in [0.25, 0.3) is 0 Å². The summed E-state index contributed by atoms with van der Waals surface area (Å²) in [5, 5.41) is 2.88. The number of ketones is 2. The van der Waals surface area contributed by atoms with Gasteiger partial charge in [-0.25, -0.2) is 4.98 Å². The first-order valence-corrected chi connectivity index (χ1v) is 15.3. The van der Waals surface area contributed by atoms with Gasteiger partial charge in [-0.15, -0.1) is 11.3 Å². The Labute approximate surface area is 238 Å². The van der Waals surface area contributed by atoms with Crippen LogP contribution in [0.1, 0.15) is 77.4 Å². The molecule has 8 unspecified atom stereocenters. The Hall–Kier alpha value is -0.560. The Balaban J connectivity index is 2.40. The normalized spacial score (nSPS) is 31.3. The monoisotopic (exact) mass is 635 g/mol.